The smallest absolute Gasteiger partial charge is 0.251 e. The average molecular weight is 244 g/mol. The summed E-state index contributed by atoms with van der Waals surface area (Å²) in [6.07, 6.45) is 2.12. The quantitative estimate of drug-likeness (QED) is 0.796. The first-order chi connectivity index (χ1) is 8.63. The third-order valence-electron chi connectivity index (χ3n) is 3.39. The molecule has 3 nitrogen and oxygen atoms in total. The molecule has 0 radical (unpaired) electrons. The van der Waals surface area contributed by atoms with Crippen LogP contribution in [0.15, 0.2) is 18.2 Å². The Bertz CT molecular complexity index is 569. The molecule has 0 aliphatic rings. The van der Waals surface area contributed by atoms with E-state index >= 15 is 0 Å². The zero-order valence-corrected chi connectivity index (χ0v) is 11.3. The minimum atomic E-state index is 0.0172. The van der Waals surface area contributed by atoms with E-state index in [1.54, 1.807) is 0 Å². The molecule has 96 valence electrons. The van der Waals surface area contributed by atoms with E-state index in [-0.39, 0.29) is 5.91 Å². The molecule has 0 atom stereocenters. The van der Waals surface area contributed by atoms with Crippen molar-refractivity contribution in [1.82, 2.24) is 10.3 Å². The van der Waals surface area contributed by atoms with Gasteiger partial charge in [-0.3, -0.25) is 4.79 Å². The van der Waals surface area contributed by atoms with Crippen LogP contribution >= 0.6 is 0 Å². The molecule has 18 heavy (non-hydrogen) atoms. The Morgan fingerprint density at radius 1 is 1.33 bits per heavy atom. The van der Waals surface area contributed by atoms with Gasteiger partial charge < -0.3 is 10.3 Å². The fourth-order valence-corrected chi connectivity index (χ4v) is 2.08. The lowest BCUT2D eigenvalue weighted by molar-refractivity contribution is 0.0953. The summed E-state index contributed by atoms with van der Waals surface area (Å²) in [5, 5.41) is 4.08. The number of amides is 1. The first-order valence-corrected chi connectivity index (χ1v) is 6.50. The van der Waals surface area contributed by atoms with Crippen LogP contribution in [0.1, 0.15) is 41.4 Å². The van der Waals surface area contributed by atoms with Crippen molar-refractivity contribution < 1.29 is 4.79 Å². The molecule has 0 aliphatic carbocycles. The number of aromatic nitrogens is 1. The zero-order chi connectivity index (χ0) is 13.1. The minimum absolute atomic E-state index is 0.0172. The number of fused-ring (bicyclic) bond motifs is 1. The fourth-order valence-electron chi connectivity index (χ4n) is 2.08. The molecule has 1 aromatic carbocycles. The number of carbonyl (C=O) groups is 1. The molecule has 2 aromatic rings. The highest BCUT2D eigenvalue weighted by Gasteiger charge is 2.09. The third-order valence-corrected chi connectivity index (χ3v) is 3.39. The standard InChI is InChI=1S/C15H20N2O/c1-4-5-8-16-15(18)12-6-7-14-13(9-12)10(2)11(3)17-14/h6-7,9,17H,4-5,8H2,1-3H3,(H,16,18). The molecule has 0 bridgehead atoms. The van der Waals surface area contributed by atoms with E-state index in [1.807, 2.05) is 18.2 Å². The summed E-state index contributed by atoms with van der Waals surface area (Å²) in [7, 11) is 0. The number of carbonyl (C=O) groups excluding carboxylic acids is 1. The number of hydrogen-bond acceptors (Lipinski definition) is 1. The van der Waals surface area contributed by atoms with E-state index in [2.05, 4.69) is 31.1 Å². The first-order valence-electron chi connectivity index (χ1n) is 6.50. The van der Waals surface area contributed by atoms with Gasteiger partial charge in [-0.2, -0.15) is 0 Å². The van der Waals surface area contributed by atoms with Crippen molar-refractivity contribution >= 4 is 16.8 Å². The van der Waals surface area contributed by atoms with Gasteiger partial charge in [-0.15, -0.1) is 0 Å². The van der Waals surface area contributed by atoms with Gasteiger partial charge in [-0.25, -0.2) is 0 Å². The molecule has 0 saturated heterocycles. The van der Waals surface area contributed by atoms with E-state index in [0.717, 1.165) is 41.5 Å². The Labute approximate surface area is 108 Å². The second-order valence-corrected chi connectivity index (χ2v) is 4.74. The lowest BCUT2D eigenvalue weighted by Crippen LogP contribution is -2.24. The molecule has 0 saturated carbocycles. The number of H-pyrrole nitrogens is 1. The van der Waals surface area contributed by atoms with Crippen LogP contribution in [0.25, 0.3) is 10.9 Å². The maximum atomic E-state index is 12.0. The minimum Gasteiger partial charge on any atom is -0.358 e. The monoisotopic (exact) mass is 244 g/mol. The van der Waals surface area contributed by atoms with Crippen molar-refractivity contribution in [3.8, 4) is 0 Å². The first kappa shape index (κ1) is 12.7. The van der Waals surface area contributed by atoms with Crippen molar-refractivity contribution in [2.24, 2.45) is 0 Å². The summed E-state index contributed by atoms with van der Waals surface area (Å²) in [6.45, 7) is 6.99. The number of nitrogens with one attached hydrogen (secondary N) is 2. The van der Waals surface area contributed by atoms with Crippen LogP contribution in [0.5, 0.6) is 0 Å². The number of hydrogen-bond donors (Lipinski definition) is 2. The molecule has 3 heteroatoms. The molecule has 0 unspecified atom stereocenters. The van der Waals surface area contributed by atoms with E-state index in [0.29, 0.717) is 0 Å². The molecule has 0 fully saturated rings. The van der Waals surface area contributed by atoms with Crippen LogP contribution < -0.4 is 5.32 Å². The van der Waals surface area contributed by atoms with E-state index < -0.39 is 0 Å². The predicted molar refractivity (Wildman–Crippen MR) is 75.0 cm³/mol. The normalized spacial score (nSPS) is 10.8. The van der Waals surface area contributed by atoms with E-state index in [4.69, 9.17) is 0 Å². The number of rotatable bonds is 4. The Morgan fingerprint density at radius 3 is 2.83 bits per heavy atom. The fraction of sp³-hybridized carbons (Fsp3) is 0.400. The highest BCUT2D eigenvalue weighted by atomic mass is 16.1. The van der Waals surface area contributed by atoms with Gasteiger partial charge in [0.05, 0.1) is 0 Å². The number of aryl methyl sites for hydroxylation is 2. The van der Waals surface area contributed by atoms with Gasteiger partial charge in [0, 0.05) is 28.7 Å². The molecule has 2 rings (SSSR count). The third kappa shape index (κ3) is 2.40. The molecular weight excluding hydrogens is 224 g/mol. The second kappa shape index (κ2) is 5.25. The van der Waals surface area contributed by atoms with Crippen LogP contribution in [0, 0.1) is 13.8 Å². The maximum absolute atomic E-state index is 12.0. The second-order valence-electron chi connectivity index (χ2n) is 4.74. The predicted octanol–water partition coefficient (Wildman–Crippen LogP) is 3.31. The summed E-state index contributed by atoms with van der Waals surface area (Å²) >= 11 is 0. The molecular formula is C15H20N2O. The SMILES string of the molecule is CCCCNC(=O)c1ccc2[nH]c(C)c(C)c2c1. The summed E-state index contributed by atoms with van der Waals surface area (Å²) in [4.78, 5) is 15.3. The zero-order valence-electron chi connectivity index (χ0n) is 11.3. The Morgan fingerprint density at radius 2 is 2.11 bits per heavy atom. The highest BCUT2D eigenvalue weighted by Crippen LogP contribution is 2.22. The molecule has 1 amide bonds. The van der Waals surface area contributed by atoms with Crippen LogP contribution in [0.3, 0.4) is 0 Å². The summed E-state index contributed by atoms with van der Waals surface area (Å²) < 4.78 is 0. The van der Waals surface area contributed by atoms with Crippen molar-refractivity contribution in [2.45, 2.75) is 33.6 Å². The molecule has 1 heterocycles. The van der Waals surface area contributed by atoms with Crippen molar-refractivity contribution in [2.75, 3.05) is 6.54 Å². The largest absolute Gasteiger partial charge is 0.358 e. The summed E-state index contributed by atoms with van der Waals surface area (Å²) in [5.41, 5.74) is 4.21. The highest BCUT2D eigenvalue weighted by molar-refractivity contribution is 5.99. The van der Waals surface area contributed by atoms with Crippen LogP contribution in [-0.2, 0) is 0 Å². The topological polar surface area (TPSA) is 44.9 Å². The molecule has 0 spiro atoms. The molecule has 1 aromatic heterocycles. The number of aromatic amines is 1. The van der Waals surface area contributed by atoms with Gasteiger partial charge in [0.1, 0.15) is 0 Å². The summed E-state index contributed by atoms with van der Waals surface area (Å²) in [6, 6.07) is 5.82. The summed E-state index contributed by atoms with van der Waals surface area (Å²) in [5.74, 6) is 0.0172. The van der Waals surface area contributed by atoms with Crippen molar-refractivity contribution in [1.29, 1.82) is 0 Å². The Balaban J connectivity index is 2.24. The lowest BCUT2D eigenvalue weighted by atomic mass is 10.1. The van der Waals surface area contributed by atoms with Crippen LogP contribution in [0.4, 0.5) is 0 Å². The van der Waals surface area contributed by atoms with Gasteiger partial charge in [-0.05, 0) is 44.0 Å². The van der Waals surface area contributed by atoms with Crippen molar-refractivity contribution in [3.05, 3.63) is 35.0 Å². The van der Waals surface area contributed by atoms with Gasteiger partial charge in [0.2, 0.25) is 0 Å². The lowest BCUT2D eigenvalue weighted by Gasteiger charge is -2.04. The molecule has 0 aliphatic heterocycles. The number of benzene rings is 1. The van der Waals surface area contributed by atoms with Gasteiger partial charge in [0.25, 0.3) is 5.91 Å². The average Bonchev–Trinajstić information content (AvgIpc) is 2.65. The van der Waals surface area contributed by atoms with Gasteiger partial charge in [-0.1, -0.05) is 13.3 Å². The van der Waals surface area contributed by atoms with Crippen LogP contribution in [-0.4, -0.2) is 17.4 Å². The van der Waals surface area contributed by atoms with Crippen molar-refractivity contribution in [3.63, 3.8) is 0 Å². The van der Waals surface area contributed by atoms with E-state index in [1.165, 1.54) is 5.56 Å². The van der Waals surface area contributed by atoms with E-state index in [9.17, 15) is 4.79 Å². The van der Waals surface area contributed by atoms with Gasteiger partial charge >= 0.3 is 0 Å². The van der Waals surface area contributed by atoms with Crippen LogP contribution in [0.2, 0.25) is 0 Å². The van der Waals surface area contributed by atoms with Gasteiger partial charge in [0.15, 0.2) is 0 Å². The Kier molecular flexibility index (Phi) is 3.70. The Hall–Kier alpha value is -1.77. The number of unbranched alkanes of at least 4 members (excludes halogenated alkanes) is 1. The maximum Gasteiger partial charge on any atom is 0.251 e. The molecule has 2 N–H and O–H groups in total.